The summed E-state index contributed by atoms with van der Waals surface area (Å²) in [6, 6.07) is 19.4. The van der Waals surface area contributed by atoms with Gasteiger partial charge in [0, 0.05) is 18.3 Å². The minimum atomic E-state index is -0.892. The zero-order valence-electron chi connectivity index (χ0n) is 16.2. The van der Waals surface area contributed by atoms with E-state index in [-0.39, 0.29) is 5.78 Å². The molecule has 4 rings (SSSR count). The van der Waals surface area contributed by atoms with Crippen LogP contribution in [0.1, 0.15) is 13.8 Å². The van der Waals surface area contributed by atoms with Crippen LogP contribution in [0.25, 0.3) is 0 Å². The van der Waals surface area contributed by atoms with Crippen molar-refractivity contribution in [2.45, 2.75) is 18.2 Å². The second-order valence-corrected chi connectivity index (χ2v) is 9.04. The van der Waals surface area contributed by atoms with Gasteiger partial charge >= 0.3 is 5.97 Å². The normalized spacial score (nSPS) is 21.0. The molecule has 0 amide bonds. The predicted molar refractivity (Wildman–Crippen MR) is 119 cm³/mol. The number of carbonyl (C=O) groups is 2. The first-order valence-corrected chi connectivity index (χ1v) is 10.6. The van der Waals surface area contributed by atoms with Gasteiger partial charge in [-0.3, -0.25) is 4.79 Å². The Morgan fingerprint density at radius 1 is 0.966 bits per heavy atom. The number of esters is 1. The Bertz CT molecular complexity index is 1020. The number of hydrogen-bond acceptors (Lipinski definition) is 8. The van der Waals surface area contributed by atoms with E-state index in [2.05, 4.69) is 5.10 Å². The van der Waals surface area contributed by atoms with Gasteiger partial charge in [0.2, 0.25) is 4.33 Å². The first kappa shape index (κ1) is 19.6. The number of hydrogen-bond donors (Lipinski definition) is 0. The molecular formula is C21H19N3O3S2. The van der Waals surface area contributed by atoms with Gasteiger partial charge in [-0.05, 0) is 43.0 Å². The number of anilines is 2. The molecular weight excluding hydrogens is 406 g/mol. The lowest BCUT2D eigenvalue weighted by Crippen LogP contribution is -2.49. The van der Waals surface area contributed by atoms with Gasteiger partial charge in [0.15, 0.2) is 10.8 Å². The highest BCUT2D eigenvalue weighted by Gasteiger charge is 2.57. The monoisotopic (exact) mass is 425 g/mol. The average Bonchev–Trinajstić information content (AvgIpc) is 3.27. The first-order chi connectivity index (χ1) is 14.0. The van der Waals surface area contributed by atoms with E-state index in [0.29, 0.717) is 9.95 Å². The molecule has 0 unspecified atom stereocenters. The molecule has 148 valence electrons. The quantitative estimate of drug-likeness (QED) is 0.672. The third-order valence-electron chi connectivity index (χ3n) is 4.56. The van der Waals surface area contributed by atoms with E-state index in [4.69, 9.17) is 4.74 Å². The zero-order chi connectivity index (χ0) is 20.6. The molecule has 1 spiro atoms. The zero-order valence-corrected chi connectivity index (χ0v) is 17.8. The number of carbonyl (C=O) groups excluding carboxylic acids is 2. The summed E-state index contributed by atoms with van der Waals surface area (Å²) in [7, 11) is 1.37. The Balaban J connectivity index is 1.91. The number of benzene rings is 2. The van der Waals surface area contributed by atoms with Gasteiger partial charge in [0.05, 0.1) is 12.8 Å². The predicted octanol–water partition coefficient (Wildman–Crippen LogP) is 4.41. The van der Waals surface area contributed by atoms with Crippen LogP contribution in [0.3, 0.4) is 0 Å². The fourth-order valence-electron chi connectivity index (χ4n) is 3.26. The van der Waals surface area contributed by atoms with E-state index < -0.39 is 10.3 Å². The van der Waals surface area contributed by atoms with Crippen molar-refractivity contribution in [3.63, 3.8) is 0 Å². The van der Waals surface area contributed by atoms with E-state index in [9.17, 15) is 9.59 Å². The van der Waals surface area contributed by atoms with Gasteiger partial charge in [-0.2, -0.15) is 5.10 Å². The van der Waals surface area contributed by atoms with Crippen molar-refractivity contribution in [3.05, 3.63) is 71.3 Å². The summed E-state index contributed by atoms with van der Waals surface area (Å²) in [6.07, 6.45) is 0. The Hall–Kier alpha value is -2.71. The first-order valence-electron chi connectivity index (χ1n) is 8.95. The second-order valence-electron chi connectivity index (χ2n) is 6.44. The minimum Gasteiger partial charge on any atom is -0.465 e. The van der Waals surface area contributed by atoms with E-state index >= 15 is 0 Å². The lowest BCUT2D eigenvalue weighted by atomic mass is 10.2. The minimum absolute atomic E-state index is 0.120. The number of thioether (sulfide) groups is 2. The van der Waals surface area contributed by atoms with Gasteiger partial charge in [-0.1, -0.05) is 48.2 Å². The summed E-state index contributed by atoms with van der Waals surface area (Å²) in [6.45, 7) is 3.39. The van der Waals surface area contributed by atoms with Crippen LogP contribution in [0, 0.1) is 0 Å². The van der Waals surface area contributed by atoms with Crippen molar-refractivity contribution in [1.82, 2.24) is 0 Å². The van der Waals surface area contributed by atoms with E-state index in [1.165, 1.54) is 37.6 Å². The van der Waals surface area contributed by atoms with Gasteiger partial charge < -0.3 is 9.64 Å². The molecule has 0 saturated carbocycles. The highest BCUT2D eigenvalue weighted by atomic mass is 32.2. The van der Waals surface area contributed by atoms with Crippen LogP contribution < -0.4 is 9.91 Å². The fourth-order valence-corrected chi connectivity index (χ4v) is 6.24. The lowest BCUT2D eigenvalue weighted by Gasteiger charge is -2.41. The third-order valence-corrected chi connectivity index (χ3v) is 7.53. The van der Waals surface area contributed by atoms with E-state index in [1.54, 1.807) is 0 Å². The highest BCUT2D eigenvalue weighted by Crippen LogP contribution is 2.60. The molecule has 2 aliphatic rings. The van der Waals surface area contributed by atoms with Gasteiger partial charge in [-0.25, -0.2) is 9.80 Å². The molecule has 0 aromatic heterocycles. The Morgan fingerprint density at radius 3 is 2.10 bits per heavy atom. The topological polar surface area (TPSA) is 62.2 Å². The smallest absolute Gasteiger partial charge is 0.346 e. The average molecular weight is 426 g/mol. The molecule has 2 aromatic rings. The standard InChI is InChI=1S/C21H19N3O3S2/c1-14-18(20(26)27-3)28-21(23(14)16-10-6-4-7-11-16)24(17-12-8-5-9-13-17)22-19(29-21)15(2)25/h4-13H,1-3H3/t21-/m1/s1. The molecule has 0 fully saturated rings. The fraction of sp³-hybridized carbons (Fsp3) is 0.190. The van der Waals surface area contributed by atoms with Crippen LogP contribution in [-0.2, 0) is 14.3 Å². The lowest BCUT2D eigenvalue weighted by molar-refractivity contribution is -0.135. The van der Waals surface area contributed by atoms with E-state index in [1.807, 2.05) is 77.5 Å². The maximum atomic E-state index is 12.5. The van der Waals surface area contributed by atoms with Crippen molar-refractivity contribution in [2.75, 3.05) is 17.0 Å². The summed E-state index contributed by atoms with van der Waals surface area (Å²) >= 11 is 2.68. The summed E-state index contributed by atoms with van der Waals surface area (Å²) in [5.74, 6) is -0.527. The number of ether oxygens (including phenoxy) is 1. The van der Waals surface area contributed by atoms with Crippen molar-refractivity contribution in [3.8, 4) is 0 Å². The van der Waals surface area contributed by atoms with Crippen LogP contribution in [0.4, 0.5) is 11.4 Å². The molecule has 0 saturated heterocycles. The van der Waals surface area contributed by atoms with Crippen LogP contribution in [0.5, 0.6) is 0 Å². The summed E-state index contributed by atoms with van der Waals surface area (Å²) < 4.78 is 4.14. The summed E-state index contributed by atoms with van der Waals surface area (Å²) in [4.78, 5) is 27.3. The number of methoxy groups -OCH3 is 1. The third kappa shape index (κ3) is 3.22. The summed E-state index contributed by atoms with van der Waals surface area (Å²) in [5.41, 5.74) is 2.47. The molecule has 8 heteroatoms. The molecule has 6 nitrogen and oxygen atoms in total. The SMILES string of the molecule is COC(=O)C1=C(C)N(c2ccccc2)[C@]2(SC(C(C)=O)=NN2c2ccccc2)S1. The molecule has 1 atom stereocenters. The molecule has 2 aromatic carbocycles. The van der Waals surface area contributed by atoms with Crippen LogP contribution in [0.2, 0.25) is 0 Å². The largest absolute Gasteiger partial charge is 0.465 e. The molecule has 0 aliphatic carbocycles. The Labute approximate surface area is 177 Å². The number of allylic oxidation sites excluding steroid dienone is 1. The van der Waals surface area contributed by atoms with Crippen molar-refractivity contribution < 1.29 is 14.3 Å². The van der Waals surface area contributed by atoms with Crippen molar-refractivity contribution in [1.29, 1.82) is 0 Å². The Morgan fingerprint density at radius 2 is 1.55 bits per heavy atom. The number of para-hydroxylation sites is 2. The number of rotatable bonds is 4. The number of nitrogens with zero attached hydrogens (tertiary/aromatic N) is 3. The number of ketones is 1. The molecule has 2 aliphatic heterocycles. The van der Waals surface area contributed by atoms with Crippen molar-refractivity contribution >= 4 is 51.7 Å². The molecule has 2 heterocycles. The van der Waals surface area contributed by atoms with Gasteiger partial charge in [0.25, 0.3) is 0 Å². The molecule has 0 radical (unpaired) electrons. The van der Waals surface area contributed by atoms with Gasteiger partial charge in [0.1, 0.15) is 4.91 Å². The molecule has 0 bridgehead atoms. The van der Waals surface area contributed by atoms with Crippen LogP contribution in [-0.4, -0.2) is 28.2 Å². The maximum Gasteiger partial charge on any atom is 0.346 e. The van der Waals surface area contributed by atoms with Crippen LogP contribution in [0.15, 0.2) is 76.4 Å². The van der Waals surface area contributed by atoms with E-state index in [0.717, 1.165) is 17.1 Å². The summed E-state index contributed by atoms with van der Waals surface area (Å²) in [5, 5.41) is 6.85. The van der Waals surface area contributed by atoms with Gasteiger partial charge in [-0.15, -0.1) is 0 Å². The molecule has 29 heavy (non-hydrogen) atoms. The Kier molecular flexibility index (Phi) is 5.14. The van der Waals surface area contributed by atoms with Crippen molar-refractivity contribution in [2.24, 2.45) is 5.10 Å². The molecule has 0 N–H and O–H groups in total. The second kappa shape index (κ2) is 7.61. The number of Topliss-reactive ketones (excluding diaryl/α,β-unsaturated/α-hetero) is 1. The maximum absolute atomic E-state index is 12.5. The van der Waals surface area contributed by atoms with Crippen LogP contribution >= 0.6 is 23.5 Å². The number of hydrazone groups is 1. The highest BCUT2D eigenvalue weighted by molar-refractivity contribution is 8.29.